The van der Waals surface area contributed by atoms with E-state index in [4.69, 9.17) is 10.5 Å². The minimum atomic E-state index is -0.318. The van der Waals surface area contributed by atoms with Gasteiger partial charge in [0.05, 0.1) is 0 Å². The van der Waals surface area contributed by atoms with Gasteiger partial charge in [0.15, 0.2) is 6.61 Å². The molecule has 5 heteroatoms. The van der Waals surface area contributed by atoms with E-state index in [-0.39, 0.29) is 12.6 Å². The Morgan fingerprint density at radius 2 is 1.95 bits per heavy atom. The van der Waals surface area contributed by atoms with Crippen LogP contribution in [0.5, 0.6) is 0 Å². The SMILES string of the molecule is C/C=C(\C=C/N)Cc1ccc(C#CCOC(C)=O)cc1.NS. The summed E-state index contributed by atoms with van der Waals surface area (Å²) in [5, 5.41) is 4.19. The Hall–Kier alpha value is -2.16. The van der Waals surface area contributed by atoms with E-state index in [1.165, 1.54) is 18.1 Å². The Labute approximate surface area is 137 Å². The molecule has 0 bridgehead atoms. The van der Waals surface area contributed by atoms with Crippen LogP contribution >= 0.6 is 12.8 Å². The summed E-state index contributed by atoms with van der Waals surface area (Å²) in [6, 6.07) is 7.97. The number of nitrogens with two attached hydrogens (primary N) is 2. The third-order valence-electron chi connectivity index (χ3n) is 2.62. The van der Waals surface area contributed by atoms with E-state index < -0.39 is 0 Å². The van der Waals surface area contributed by atoms with Crippen LogP contribution in [0.25, 0.3) is 0 Å². The van der Waals surface area contributed by atoms with Gasteiger partial charge in [-0.2, -0.15) is 0 Å². The average Bonchev–Trinajstić information content (AvgIpc) is 2.54. The van der Waals surface area contributed by atoms with Crippen LogP contribution in [0.15, 0.2) is 48.2 Å². The number of allylic oxidation sites excluding steroid dienone is 3. The molecule has 0 atom stereocenters. The second kappa shape index (κ2) is 12.6. The first-order chi connectivity index (χ1) is 10.7. The molecule has 0 saturated carbocycles. The van der Waals surface area contributed by atoms with Gasteiger partial charge >= 0.3 is 5.97 Å². The fourth-order valence-electron chi connectivity index (χ4n) is 1.60. The predicted octanol–water partition coefficient (Wildman–Crippen LogP) is 2.35. The maximum Gasteiger partial charge on any atom is 0.303 e. The molecule has 0 unspecified atom stereocenters. The molecule has 0 aliphatic rings. The molecular formula is C17H22N2O2S. The fourth-order valence-corrected chi connectivity index (χ4v) is 1.60. The summed E-state index contributed by atoms with van der Waals surface area (Å²) in [5.74, 6) is 5.42. The molecule has 0 aliphatic carbocycles. The van der Waals surface area contributed by atoms with Crippen molar-refractivity contribution < 1.29 is 9.53 Å². The standard InChI is InChI=1S/C17H19NO2.H3NS/c1-3-15(10-11-18)13-17-8-6-16(7-9-17)5-4-12-20-14(2)19;1-2/h3,6-11H,12-13,18H2,1-2H3;2H,1H2/b11-10-,15-3+;. The van der Waals surface area contributed by atoms with E-state index in [0.717, 1.165) is 12.0 Å². The fraction of sp³-hybridized carbons (Fsp3) is 0.235. The van der Waals surface area contributed by atoms with Gasteiger partial charge in [0.1, 0.15) is 0 Å². The molecule has 0 amide bonds. The van der Waals surface area contributed by atoms with Crippen molar-refractivity contribution in [3.63, 3.8) is 0 Å². The lowest BCUT2D eigenvalue weighted by atomic mass is 10.0. The lowest BCUT2D eigenvalue weighted by Gasteiger charge is -2.02. The Morgan fingerprint density at radius 1 is 1.32 bits per heavy atom. The lowest BCUT2D eigenvalue weighted by Crippen LogP contribution is -1.97. The average molecular weight is 318 g/mol. The van der Waals surface area contributed by atoms with E-state index in [2.05, 4.69) is 29.8 Å². The number of hydrogen-bond acceptors (Lipinski definition) is 5. The van der Waals surface area contributed by atoms with Crippen molar-refractivity contribution in [2.45, 2.75) is 20.3 Å². The highest BCUT2D eigenvalue weighted by molar-refractivity contribution is 7.77. The van der Waals surface area contributed by atoms with Gasteiger partial charge in [-0.25, -0.2) is 0 Å². The van der Waals surface area contributed by atoms with E-state index in [9.17, 15) is 4.79 Å². The summed E-state index contributed by atoms with van der Waals surface area (Å²) in [7, 11) is 0. The Morgan fingerprint density at radius 3 is 2.45 bits per heavy atom. The summed E-state index contributed by atoms with van der Waals surface area (Å²) in [6.45, 7) is 3.48. The molecule has 22 heavy (non-hydrogen) atoms. The van der Waals surface area contributed by atoms with Gasteiger partial charge in [-0.15, -0.1) is 12.8 Å². The van der Waals surface area contributed by atoms with Crippen molar-refractivity contribution in [2.75, 3.05) is 6.61 Å². The summed E-state index contributed by atoms with van der Waals surface area (Å²) in [4.78, 5) is 10.6. The van der Waals surface area contributed by atoms with Crippen molar-refractivity contribution in [2.24, 2.45) is 10.9 Å². The van der Waals surface area contributed by atoms with Gasteiger partial charge in [-0.05, 0) is 48.9 Å². The van der Waals surface area contributed by atoms with E-state index in [1.807, 2.05) is 43.3 Å². The largest absolute Gasteiger partial charge is 0.453 e. The van der Waals surface area contributed by atoms with Crippen LogP contribution in [0.4, 0.5) is 0 Å². The van der Waals surface area contributed by atoms with E-state index in [1.54, 1.807) is 6.20 Å². The van der Waals surface area contributed by atoms with Crippen LogP contribution in [0.2, 0.25) is 0 Å². The van der Waals surface area contributed by atoms with Gasteiger partial charge in [-0.1, -0.05) is 30.0 Å². The van der Waals surface area contributed by atoms with Crippen molar-refractivity contribution in [1.29, 1.82) is 0 Å². The third kappa shape index (κ3) is 8.90. The molecule has 118 valence electrons. The van der Waals surface area contributed by atoms with Crippen molar-refractivity contribution in [3.05, 3.63) is 59.3 Å². The molecule has 0 fully saturated rings. The second-order valence-electron chi connectivity index (χ2n) is 4.18. The monoisotopic (exact) mass is 318 g/mol. The van der Waals surface area contributed by atoms with Crippen molar-refractivity contribution in [3.8, 4) is 11.8 Å². The molecule has 0 spiro atoms. The molecule has 1 aromatic rings. The summed E-state index contributed by atoms with van der Waals surface area (Å²) < 4.78 is 4.74. The van der Waals surface area contributed by atoms with Gasteiger partial charge < -0.3 is 10.5 Å². The van der Waals surface area contributed by atoms with Crippen molar-refractivity contribution in [1.82, 2.24) is 0 Å². The molecule has 0 aromatic heterocycles. The number of carbonyl (C=O) groups excluding carboxylic acids is 1. The molecule has 0 aliphatic heterocycles. The summed E-state index contributed by atoms with van der Waals surface area (Å²) in [6.07, 6.45) is 6.32. The molecule has 0 saturated heterocycles. The first-order valence-corrected chi connectivity index (χ1v) is 7.17. The normalized spacial score (nSPS) is 10.3. The molecule has 1 aromatic carbocycles. The number of carbonyl (C=O) groups is 1. The van der Waals surface area contributed by atoms with Crippen LogP contribution in [-0.2, 0) is 16.0 Å². The first kappa shape index (κ1) is 19.8. The van der Waals surface area contributed by atoms with Crippen molar-refractivity contribution >= 4 is 18.8 Å². The highest BCUT2D eigenvalue weighted by Gasteiger charge is 1.96. The smallest absolute Gasteiger partial charge is 0.303 e. The van der Waals surface area contributed by atoms with Gasteiger partial charge in [0.25, 0.3) is 0 Å². The second-order valence-corrected chi connectivity index (χ2v) is 4.18. The van der Waals surface area contributed by atoms with Crippen LogP contribution in [0, 0.1) is 11.8 Å². The third-order valence-corrected chi connectivity index (χ3v) is 2.62. The zero-order chi connectivity index (χ0) is 16.8. The van der Waals surface area contributed by atoms with E-state index in [0.29, 0.717) is 0 Å². The Kier molecular flexibility index (Phi) is 11.3. The predicted molar refractivity (Wildman–Crippen MR) is 93.9 cm³/mol. The highest BCUT2D eigenvalue weighted by atomic mass is 32.1. The molecule has 0 radical (unpaired) electrons. The molecule has 4 N–H and O–H groups in total. The quantitative estimate of drug-likeness (QED) is 0.345. The van der Waals surface area contributed by atoms with E-state index >= 15 is 0 Å². The van der Waals surface area contributed by atoms with Crippen LogP contribution in [0.3, 0.4) is 0 Å². The maximum atomic E-state index is 10.6. The van der Waals surface area contributed by atoms with Gasteiger partial charge in [0.2, 0.25) is 0 Å². The zero-order valence-corrected chi connectivity index (χ0v) is 13.8. The van der Waals surface area contributed by atoms with Gasteiger partial charge in [0, 0.05) is 12.5 Å². The first-order valence-electron chi connectivity index (χ1n) is 6.66. The number of hydrogen-bond donors (Lipinski definition) is 3. The Balaban J connectivity index is 0.00000211. The number of esters is 1. The highest BCUT2D eigenvalue weighted by Crippen LogP contribution is 2.10. The van der Waals surface area contributed by atoms with Gasteiger partial charge in [-0.3, -0.25) is 9.93 Å². The van der Waals surface area contributed by atoms with Crippen LogP contribution in [0.1, 0.15) is 25.0 Å². The minimum Gasteiger partial charge on any atom is -0.453 e. The number of rotatable bonds is 4. The summed E-state index contributed by atoms with van der Waals surface area (Å²) >= 11 is 3.03. The zero-order valence-electron chi connectivity index (χ0n) is 12.9. The Bertz CT molecular complexity index is 567. The molecular weight excluding hydrogens is 296 g/mol. The van der Waals surface area contributed by atoms with Crippen LogP contribution in [-0.4, -0.2) is 12.6 Å². The topological polar surface area (TPSA) is 78.3 Å². The molecule has 4 nitrogen and oxygen atoms in total. The lowest BCUT2D eigenvalue weighted by molar-refractivity contribution is -0.139. The minimum absolute atomic E-state index is 0.126. The molecule has 0 heterocycles. The summed E-state index contributed by atoms with van der Waals surface area (Å²) in [5.41, 5.74) is 8.66. The van der Waals surface area contributed by atoms with Crippen LogP contribution < -0.4 is 10.9 Å². The number of ether oxygens (including phenoxy) is 1. The number of thiol groups is 1. The maximum absolute atomic E-state index is 10.6. The number of benzene rings is 1. The molecule has 1 rings (SSSR count).